The molecule has 1 rings (SSSR count). The van der Waals surface area contributed by atoms with Crippen molar-refractivity contribution in [1.29, 1.82) is 0 Å². The molecule has 0 heterocycles. The zero-order chi connectivity index (χ0) is 11.8. The summed E-state index contributed by atoms with van der Waals surface area (Å²) >= 11 is 5.52. The molecule has 0 fully saturated rings. The molecule has 0 bridgehead atoms. The number of nitro benzene ring substituents is 1. The Hall–Kier alpha value is -0.180. The van der Waals surface area contributed by atoms with Gasteiger partial charge in [0.05, 0.1) is 9.95 Å². The monoisotopic (exact) mass is 275 g/mol. The van der Waals surface area contributed by atoms with E-state index in [1.807, 2.05) is 0 Å². The van der Waals surface area contributed by atoms with Crippen molar-refractivity contribution in [1.82, 2.24) is 0 Å². The Morgan fingerprint density at radius 3 is 2.31 bits per heavy atom. The summed E-state index contributed by atoms with van der Waals surface area (Å²) in [6.45, 7) is 1.52. The molecule has 6 nitrogen and oxygen atoms in total. The molecule has 0 aliphatic carbocycles. The van der Waals surface area contributed by atoms with Crippen LogP contribution in [0, 0.1) is 17.0 Å². The van der Waals surface area contributed by atoms with E-state index in [1.54, 1.807) is 0 Å². The van der Waals surface area contributed by atoms with Crippen LogP contribution >= 0.6 is 11.6 Å². The van der Waals surface area contributed by atoms with Gasteiger partial charge in [0.25, 0.3) is 5.69 Å². The van der Waals surface area contributed by atoms with Crippen molar-refractivity contribution in [2.45, 2.75) is 11.8 Å². The quantitative estimate of drug-likeness (QED) is 0.378. The number of nitro groups is 1. The van der Waals surface area contributed by atoms with Gasteiger partial charge in [-0.25, -0.2) is 0 Å². The van der Waals surface area contributed by atoms with Crippen molar-refractivity contribution >= 4 is 57.0 Å². The van der Waals surface area contributed by atoms with E-state index in [0.29, 0.717) is 5.56 Å². The molecule has 0 amide bonds. The van der Waals surface area contributed by atoms with E-state index in [2.05, 4.69) is 0 Å². The van der Waals surface area contributed by atoms with Gasteiger partial charge in [-0.1, -0.05) is 11.6 Å². The zero-order valence-corrected chi connectivity index (χ0v) is 9.04. The van der Waals surface area contributed by atoms with Crippen LogP contribution in [0.25, 0.3) is 0 Å². The fourth-order valence-corrected chi connectivity index (χ4v) is 2.37. The van der Waals surface area contributed by atoms with Gasteiger partial charge in [0.1, 0.15) is 0 Å². The van der Waals surface area contributed by atoms with Crippen LogP contribution in [-0.2, 0) is 10.1 Å². The summed E-state index contributed by atoms with van der Waals surface area (Å²) in [5.74, 6) is 0. The van der Waals surface area contributed by atoms with Crippen LogP contribution in [0.4, 0.5) is 5.69 Å². The number of halogens is 1. The van der Waals surface area contributed by atoms with Crippen LogP contribution < -0.4 is 0 Å². The van der Waals surface area contributed by atoms with E-state index in [1.165, 1.54) is 13.0 Å². The molecule has 1 aromatic carbocycles. The van der Waals surface area contributed by atoms with E-state index < -0.39 is 25.6 Å². The van der Waals surface area contributed by atoms with Crippen molar-refractivity contribution in [3.05, 3.63) is 32.8 Å². The number of hydrogen-bond donors (Lipinski definition) is 1. The van der Waals surface area contributed by atoms with Gasteiger partial charge in [-0.05, 0) is 18.6 Å². The summed E-state index contributed by atoms with van der Waals surface area (Å²) in [6, 6.07) is 2.24. The Balaban J connectivity index is 0.00000225. The summed E-state index contributed by atoms with van der Waals surface area (Å²) < 4.78 is 30.5. The molecular weight excluding hydrogens is 269 g/mol. The average Bonchev–Trinajstić information content (AvgIpc) is 1.99. The molecule has 0 aromatic heterocycles. The van der Waals surface area contributed by atoms with Crippen LogP contribution in [0.2, 0.25) is 5.02 Å². The first-order valence-corrected chi connectivity index (χ1v) is 5.47. The fraction of sp³-hybridized carbons (Fsp3) is 0.143. The van der Waals surface area contributed by atoms with Gasteiger partial charge in [0, 0.05) is 6.07 Å². The first-order valence-electron chi connectivity index (χ1n) is 3.65. The van der Waals surface area contributed by atoms with E-state index in [9.17, 15) is 18.5 Å². The van der Waals surface area contributed by atoms with Crippen LogP contribution in [-0.4, -0.2) is 47.5 Å². The summed E-state index contributed by atoms with van der Waals surface area (Å²) in [5.41, 5.74) is -0.304. The molecule has 0 saturated heterocycles. The second-order valence-electron chi connectivity index (χ2n) is 2.83. The predicted molar refractivity (Wildman–Crippen MR) is 59.8 cm³/mol. The topological polar surface area (TPSA) is 97.5 Å². The van der Waals surface area contributed by atoms with Crippen molar-refractivity contribution < 1.29 is 17.9 Å². The van der Waals surface area contributed by atoms with Gasteiger partial charge in [-0.2, -0.15) is 8.42 Å². The Morgan fingerprint density at radius 1 is 1.44 bits per heavy atom. The molecule has 0 radical (unpaired) electrons. The number of hydrogen-bond acceptors (Lipinski definition) is 4. The van der Waals surface area contributed by atoms with Crippen LogP contribution in [0.15, 0.2) is 17.0 Å². The molecule has 0 unspecified atom stereocenters. The molecule has 84 valence electrons. The third-order valence-corrected chi connectivity index (χ3v) is 2.98. The Bertz CT molecular complexity index is 530. The molecular formula is C7H7ClNNaO5S. The Morgan fingerprint density at radius 2 is 1.94 bits per heavy atom. The predicted octanol–water partition coefficient (Wildman–Crippen LogP) is 1.15. The fourth-order valence-electron chi connectivity index (χ4n) is 1.10. The molecule has 1 N–H and O–H groups in total. The van der Waals surface area contributed by atoms with E-state index in [4.69, 9.17) is 16.2 Å². The number of rotatable bonds is 2. The molecule has 0 spiro atoms. The number of nitrogens with zero attached hydrogens (tertiary/aromatic N) is 1. The van der Waals surface area contributed by atoms with Gasteiger partial charge < -0.3 is 0 Å². The molecule has 1 aromatic rings. The van der Waals surface area contributed by atoms with E-state index >= 15 is 0 Å². The minimum atomic E-state index is -4.70. The molecule has 9 heteroatoms. The van der Waals surface area contributed by atoms with Gasteiger partial charge in [-0.3, -0.25) is 14.7 Å². The van der Waals surface area contributed by atoms with Crippen LogP contribution in [0.1, 0.15) is 5.56 Å². The first-order chi connectivity index (χ1) is 6.73. The van der Waals surface area contributed by atoms with Gasteiger partial charge in [0.15, 0.2) is 4.90 Å². The van der Waals surface area contributed by atoms with Crippen molar-refractivity contribution in [3.8, 4) is 0 Å². The summed E-state index contributed by atoms with van der Waals surface area (Å²) in [4.78, 5) is 8.75. The summed E-state index contributed by atoms with van der Waals surface area (Å²) in [5, 5.41) is 10.2. The maximum atomic E-state index is 10.9. The van der Waals surface area contributed by atoms with Crippen molar-refractivity contribution in [2.75, 3.05) is 0 Å². The maximum absolute atomic E-state index is 10.9. The summed E-state index contributed by atoms with van der Waals surface area (Å²) in [7, 11) is -4.70. The number of aryl methyl sites for hydroxylation is 1. The number of benzene rings is 1. The van der Waals surface area contributed by atoms with Gasteiger partial charge in [0.2, 0.25) is 0 Å². The standard InChI is InChI=1S/C7H6ClNO5S.Na.H/c1-4-2-5(8)7(15(12,13)14)6(3-4)9(10)11;;/h2-3H,1H3,(H,12,13,14);;. The van der Waals surface area contributed by atoms with E-state index in [-0.39, 0.29) is 34.6 Å². The average molecular weight is 276 g/mol. The Labute approximate surface area is 119 Å². The van der Waals surface area contributed by atoms with Crippen LogP contribution in [0.3, 0.4) is 0 Å². The van der Waals surface area contributed by atoms with Gasteiger partial charge >= 0.3 is 39.7 Å². The SMILES string of the molecule is Cc1cc(Cl)c(S(=O)(=O)O)c([N+](=O)[O-])c1.[NaH]. The molecule has 0 atom stereocenters. The van der Waals surface area contributed by atoms with Crippen molar-refractivity contribution in [3.63, 3.8) is 0 Å². The molecule has 0 saturated carbocycles. The Kier molecular flexibility index (Phi) is 5.37. The van der Waals surface area contributed by atoms with Crippen molar-refractivity contribution in [2.24, 2.45) is 0 Å². The second kappa shape index (κ2) is 5.44. The van der Waals surface area contributed by atoms with E-state index in [0.717, 1.165) is 6.07 Å². The first kappa shape index (κ1) is 15.8. The third kappa shape index (κ3) is 3.41. The summed E-state index contributed by atoms with van der Waals surface area (Å²) in [6.07, 6.45) is 0. The normalized spacial score (nSPS) is 10.7. The zero-order valence-electron chi connectivity index (χ0n) is 7.47. The van der Waals surface area contributed by atoms with Crippen LogP contribution in [0.5, 0.6) is 0 Å². The molecule has 0 aliphatic rings. The third-order valence-electron chi connectivity index (χ3n) is 1.62. The van der Waals surface area contributed by atoms with Gasteiger partial charge in [-0.15, -0.1) is 0 Å². The minimum absolute atomic E-state index is 0. The molecule has 16 heavy (non-hydrogen) atoms. The molecule has 0 aliphatic heterocycles. The second-order valence-corrected chi connectivity index (χ2v) is 4.59.